The van der Waals surface area contributed by atoms with Crippen LogP contribution in [0.4, 0.5) is 9.52 Å². The summed E-state index contributed by atoms with van der Waals surface area (Å²) in [6.45, 7) is 1.12. The van der Waals surface area contributed by atoms with Crippen LogP contribution in [0.25, 0.3) is 0 Å². The van der Waals surface area contributed by atoms with Crippen LogP contribution >= 0.6 is 11.3 Å². The number of anilines is 1. The molecule has 0 atom stereocenters. The molecule has 1 aliphatic heterocycles. The predicted molar refractivity (Wildman–Crippen MR) is 83.8 cm³/mol. The van der Waals surface area contributed by atoms with Crippen LogP contribution in [0.1, 0.15) is 34.8 Å². The van der Waals surface area contributed by atoms with Gasteiger partial charge in [-0.05, 0) is 24.5 Å². The van der Waals surface area contributed by atoms with Crippen molar-refractivity contribution in [2.75, 3.05) is 18.4 Å². The third kappa shape index (κ3) is 2.59. The molecular weight excluding hydrogens is 301 g/mol. The summed E-state index contributed by atoms with van der Waals surface area (Å²) in [5.74, 6) is -0.162. The topological polar surface area (TPSA) is 45.2 Å². The van der Waals surface area contributed by atoms with E-state index in [2.05, 4.69) is 10.3 Å². The van der Waals surface area contributed by atoms with Gasteiger partial charge in [-0.3, -0.25) is 4.79 Å². The quantitative estimate of drug-likeness (QED) is 0.942. The molecule has 4 nitrogen and oxygen atoms in total. The summed E-state index contributed by atoms with van der Waals surface area (Å²) in [6, 6.07) is 7.31. The number of rotatable bonds is 4. The van der Waals surface area contributed by atoms with E-state index in [0.717, 1.165) is 5.13 Å². The van der Waals surface area contributed by atoms with Gasteiger partial charge in [0.25, 0.3) is 5.91 Å². The summed E-state index contributed by atoms with van der Waals surface area (Å²) in [6.07, 6.45) is 2.36. The molecule has 4 rings (SSSR count). The van der Waals surface area contributed by atoms with E-state index in [-0.39, 0.29) is 17.6 Å². The number of halogens is 1. The number of carbonyl (C=O) groups is 1. The summed E-state index contributed by atoms with van der Waals surface area (Å²) < 4.78 is 13.7. The van der Waals surface area contributed by atoms with Crippen molar-refractivity contribution in [1.82, 2.24) is 9.88 Å². The lowest BCUT2D eigenvalue weighted by Gasteiger charge is -2.39. The fourth-order valence-electron chi connectivity index (χ4n) is 2.65. The van der Waals surface area contributed by atoms with Crippen molar-refractivity contribution < 1.29 is 9.18 Å². The molecule has 2 aliphatic rings. The monoisotopic (exact) mass is 317 g/mol. The lowest BCUT2D eigenvalue weighted by Crippen LogP contribution is -2.48. The molecular formula is C16H16FN3OS. The van der Waals surface area contributed by atoms with Crippen LogP contribution in [-0.2, 0) is 0 Å². The first kappa shape index (κ1) is 13.7. The first-order valence-electron chi connectivity index (χ1n) is 7.46. The number of hydrogen-bond donors (Lipinski definition) is 1. The lowest BCUT2D eigenvalue weighted by molar-refractivity contribution is 0.0593. The highest BCUT2D eigenvalue weighted by molar-refractivity contribution is 7.13. The van der Waals surface area contributed by atoms with Crippen molar-refractivity contribution >= 4 is 22.4 Å². The van der Waals surface area contributed by atoms with Gasteiger partial charge in [-0.2, -0.15) is 0 Å². The molecule has 0 unspecified atom stereocenters. The zero-order valence-corrected chi connectivity index (χ0v) is 12.8. The van der Waals surface area contributed by atoms with Gasteiger partial charge in [0.05, 0.1) is 0 Å². The van der Waals surface area contributed by atoms with E-state index in [1.54, 1.807) is 22.4 Å². The fourth-order valence-corrected chi connectivity index (χ4v) is 3.41. The molecule has 1 amide bonds. The minimum absolute atomic E-state index is 0.0623. The van der Waals surface area contributed by atoms with E-state index >= 15 is 0 Å². The maximum absolute atomic E-state index is 13.7. The Morgan fingerprint density at radius 2 is 2.09 bits per heavy atom. The first-order valence-corrected chi connectivity index (χ1v) is 8.34. The Labute approximate surface area is 132 Å². The van der Waals surface area contributed by atoms with Crippen LogP contribution in [0, 0.1) is 5.82 Å². The molecule has 6 heteroatoms. The zero-order chi connectivity index (χ0) is 15.1. The Morgan fingerprint density at radius 1 is 1.32 bits per heavy atom. The van der Waals surface area contributed by atoms with Crippen LogP contribution in [-0.4, -0.2) is 34.9 Å². The van der Waals surface area contributed by atoms with Gasteiger partial charge in [0.2, 0.25) is 0 Å². The van der Waals surface area contributed by atoms with E-state index in [1.165, 1.54) is 30.2 Å². The van der Waals surface area contributed by atoms with E-state index in [0.29, 0.717) is 30.4 Å². The average Bonchev–Trinajstić information content (AvgIpc) is 3.14. The maximum Gasteiger partial charge on any atom is 0.273 e. The maximum atomic E-state index is 13.7. The first-order chi connectivity index (χ1) is 10.7. The zero-order valence-electron chi connectivity index (χ0n) is 12.0. The number of hydrogen-bond acceptors (Lipinski definition) is 4. The molecule has 2 heterocycles. The summed E-state index contributed by atoms with van der Waals surface area (Å²) >= 11 is 1.47. The number of amides is 1. The molecule has 2 aromatic rings. The number of thiazole rings is 1. The molecule has 0 radical (unpaired) electrons. The Bertz CT molecular complexity index is 707. The molecule has 114 valence electrons. The number of nitrogens with zero attached hydrogens (tertiary/aromatic N) is 2. The standard InChI is InChI=1S/C16H16FN3OS/c17-13-4-2-1-3-12(13)10-7-20(8-10)15(21)14-9-22-16(19-14)18-11-5-6-11/h1-4,9-11H,5-8H2,(H,18,19). The summed E-state index contributed by atoms with van der Waals surface area (Å²) in [5, 5.41) is 5.91. The van der Waals surface area contributed by atoms with Crippen LogP contribution in [0.3, 0.4) is 0 Å². The molecule has 0 bridgehead atoms. The molecule has 22 heavy (non-hydrogen) atoms. The molecule has 1 aromatic carbocycles. The average molecular weight is 317 g/mol. The van der Waals surface area contributed by atoms with Gasteiger partial charge in [0.15, 0.2) is 5.13 Å². The highest BCUT2D eigenvalue weighted by atomic mass is 32.1. The SMILES string of the molecule is O=C(c1csc(NC2CC2)n1)N1CC(c2ccccc2F)C1. The smallest absolute Gasteiger partial charge is 0.273 e. The second kappa shape index (κ2) is 5.35. The van der Waals surface area contributed by atoms with E-state index in [9.17, 15) is 9.18 Å². The molecule has 1 aliphatic carbocycles. The van der Waals surface area contributed by atoms with Gasteiger partial charge in [-0.1, -0.05) is 18.2 Å². The van der Waals surface area contributed by atoms with Gasteiger partial charge in [-0.15, -0.1) is 11.3 Å². The predicted octanol–water partition coefficient (Wildman–Crippen LogP) is 3.10. The Balaban J connectivity index is 1.38. The van der Waals surface area contributed by atoms with Crippen molar-refractivity contribution in [2.45, 2.75) is 24.8 Å². The molecule has 1 saturated heterocycles. The number of aromatic nitrogens is 1. The van der Waals surface area contributed by atoms with Crippen molar-refractivity contribution in [3.63, 3.8) is 0 Å². The molecule has 1 saturated carbocycles. The summed E-state index contributed by atoms with van der Waals surface area (Å²) in [4.78, 5) is 18.4. The number of benzene rings is 1. The van der Waals surface area contributed by atoms with Crippen LogP contribution in [0.15, 0.2) is 29.6 Å². The molecule has 2 fully saturated rings. The third-order valence-corrected chi connectivity index (χ3v) is 4.92. The fraction of sp³-hybridized carbons (Fsp3) is 0.375. The summed E-state index contributed by atoms with van der Waals surface area (Å²) in [5.41, 5.74) is 1.18. The van der Waals surface area contributed by atoms with E-state index in [1.807, 2.05) is 6.07 Å². The van der Waals surface area contributed by atoms with Crippen molar-refractivity contribution in [3.05, 3.63) is 46.7 Å². The van der Waals surface area contributed by atoms with Crippen LogP contribution in [0.5, 0.6) is 0 Å². The summed E-state index contributed by atoms with van der Waals surface area (Å²) in [7, 11) is 0. The Morgan fingerprint density at radius 3 is 2.82 bits per heavy atom. The minimum Gasteiger partial charge on any atom is -0.359 e. The van der Waals surface area contributed by atoms with Crippen molar-refractivity contribution in [2.24, 2.45) is 0 Å². The van der Waals surface area contributed by atoms with Crippen molar-refractivity contribution in [3.8, 4) is 0 Å². The molecule has 1 aromatic heterocycles. The highest BCUT2D eigenvalue weighted by Gasteiger charge is 2.34. The van der Waals surface area contributed by atoms with E-state index < -0.39 is 0 Å². The second-order valence-corrected chi connectivity index (χ2v) is 6.74. The third-order valence-electron chi connectivity index (χ3n) is 4.14. The lowest BCUT2D eigenvalue weighted by atomic mass is 9.91. The Hall–Kier alpha value is -1.95. The molecule has 0 spiro atoms. The Kier molecular flexibility index (Phi) is 3.33. The largest absolute Gasteiger partial charge is 0.359 e. The number of nitrogens with one attached hydrogen (secondary N) is 1. The highest BCUT2D eigenvalue weighted by Crippen LogP contribution is 2.31. The van der Waals surface area contributed by atoms with Crippen molar-refractivity contribution in [1.29, 1.82) is 0 Å². The van der Waals surface area contributed by atoms with E-state index in [4.69, 9.17) is 0 Å². The number of likely N-dealkylation sites (tertiary alicyclic amines) is 1. The molecule has 1 N–H and O–H groups in total. The number of carbonyl (C=O) groups excluding carboxylic acids is 1. The van der Waals surface area contributed by atoms with Crippen LogP contribution in [0.2, 0.25) is 0 Å². The van der Waals surface area contributed by atoms with Gasteiger partial charge >= 0.3 is 0 Å². The van der Waals surface area contributed by atoms with Gasteiger partial charge < -0.3 is 10.2 Å². The normalized spacial score (nSPS) is 18.1. The van der Waals surface area contributed by atoms with Crippen LogP contribution < -0.4 is 5.32 Å². The minimum atomic E-state index is -0.191. The second-order valence-electron chi connectivity index (χ2n) is 5.89. The van der Waals surface area contributed by atoms with Gasteiger partial charge in [0.1, 0.15) is 11.5 Å². The van der Waals surface area contributed by atoms with Gasteiger partial charge in [0, 0.05) is 30.4 Å². The van der Waals surface area contributed by atoms with Gasteiger partial charge in [-0.25, -0.2) is 9.37 Å².